The fourth-order valence-electron chi connectivity index (χ4n) is 2.97. The molecule has 4 rings (SSSR count). The van der Waals surface area contributed by atoms with Crippen LogP contribution in [0.2, 0.25) is 0 Å². The van der Waals surface area contributed by atoms with Crippen LogP contribution in [-0.2, 0) is 21.3 Å². The lowest BCUT2D eigenvalue weighted by atomic mass is 10.3. The van der Waals surface area contributed by atoms with E-state index in [0.29, 0.717) is 50.3 Å². The van der Waals surface area contributed by atoms with Crippen LogP contribution in [0.3, 0.4) is 0 Å². The molecule has 1 aliphatic rings. The van der Waals surface area contributed by atoms with Gasteiger partial charge in [0.2, 0.25) is 15.9 Å². The predicted octanol–water partition coefficient (Wildman–Crippen LogP) is 3.04. The summed E-state index contributed by atoms with van der Waals surface area (Å²) >= 11 is 0. The van der Waals surface area contributed by atoms with Gasteiger partial charge in [-0.1, -0.05) is 6.07 Å². The molecular weight excluding hydrogens is 423 g/mol. The molecule has 0 saturated carbocycles. The highest BCUT2D eigenvalue weighted by Gasteiger charge is 2.26. The summed E-state index contributed by atoms with van der Waals surface area (Å²) in [5, 5.41) is 3.13. The summed E-state index contributed by atoms with van der Waals surface area (Å²) in [6.07, 6.45) is 3.01. The fraction of sp³-hybridized carbons (Fsp3) is 0.238. The highest BCUT2D eigenvalue weighted by atomic mass is 32.2. The summed E-state index contributed by atoms with van der Waals surface area (Å²) in [4.78, 5) is 8.60. The van der Waals surface area contributed by atoms with E-state index in [2.05, 4.69) is 15.3 Å². The Hall–Kier alpha value is -3.08. The molecule has 162 valence electrons. The van der Waals surface area contributed by atoms with Crippen molar-refractivity contribution in [2.75, 3.05) is 31.6 Å². The van der Waals surface area contributed by atoms with Crippen LogP contribution in [-0.4, -0.2) is 49.0 Å². The molecule has 0 aliphatic carbocycles. The van der Waals surface area contributed by atoms with Gasteiger partial charge in [0.05, 0.1) is 13.2 Å². The summed E-state index contributed by atoms with van der Waals surface area (Å²) < 4.78 is 50.4. The second-order valence-corrected chi connectivity index (χ2v) is 8.75. The molecule has 31 heavy (non-hydrogen) atoms. The van der Waals surface area contributed by atoms with Crippen molar-refractivity contribution in [3.63, 3.8) is 0 Å². The van der Waals surface area contributed by atoms with E-state index in [9.17, 15) is 12.8 Å². The zero-order valence-corrected chi connectivity index (χ0v) is 17.4. The van der Waals surface area contributed by atoms with Crippen LogP contribution in [0.15, 0.2) is 65.8 Å². The van der Waals surface area contributed by atoms with E-state index in [1.807, 2.05) is 6.07 Å². The van der Waals surface area contributed by atoms with Gasteiger partial charge in [0, 0.05) is 38.1 Å². The molecule has 0 amide bonds. The van der Waals surface area contributed by atoms with E-state index in [0.717, 1.165) is 5.56 Å². The Balaban J connectivity index is 1.33. The number of nitrogens with one attached hydrogen (secondary N) is 1. The van der Waals surface area contributed by atoms with E-state index in [-0.39, 0.29) is 10.7 Å². The standard InChI is InChI=1S/C21H21FN4O4S/c22-17-2-4-18(5-3-17)30-21-8-1-16(14-25-21)13-23-20-7-6-19(15-24-20)31(27,28)26-9-11-29-12-10-26/h1-8,14-15H,9-13H2,(H,23,24). The van der Waals surface area contributed by atoms with E-state index in [1.54, 1.807) is 18.3 Å². The summed E-state index contributed by atoms with van der Waals surface area (Å²) in [5.74, 6) is 1.11. The van der Waals surface area contributed by atoms with Crippen molar-refractivity contribution in [1.82, 2.24) is 14.3 Å². The summed E-state index contributed by atoms with van der Waals surface area (Å²) in [6.45, 7) is 1.93. The first-order chi connectivity index (χ1) is 15.0. The summed E-state index contributed by atoms with van der Waals surface area (Å²) in [5.41, 5.74) is 0.887. The first kappa shape index (κ1) is 21.2. The van der Waals surface area contributed by atoms with E-state index in [1.165, 1.54) is 40.8 Å². The molecule has 3 aromatic rings. The van der Waals surface area contributed by atoms with Crippen molar-refractivity contribution in [1.29, 1.82) is 0 Å². The Morgan fingerprint density at radius 2 is 1.77 bits per heavy atom. The van der Waals surface area contributed by atoms with Crippen molar-refractivity contribution >= 4 is 15.8 Å². The Kier molecular flexibility index (Phi) is 6.40. The number of halogens is 1. The lowest BCUT2D eigenvalue weighted by molar-refractivity contribution is 0.0730. The molecule has 8 nitrogen and oxygen atoms in total. The minimum atomic E-state index is -3.56. The Morgan fingerprint density at radius 1 is 1.00 bits per heavy atom. The second-order valence-electron chi connectivity index (χ2n) is 6.81. The number of morpholine rings is 1. The van der Waals surface area contributed by atoms with Gasteiger partial charge in [-0.25, -0.2) is 22.8 Å². The van der Waals surface area contributed by atoms with Crippen LogP contribution < -0.4 is 10.1 Å². The quantitative estimate of drug-likeness (QED) is 0.599. The third-order valence-electron chi connectivity index (χ3n) is 4.65. The van der Waals surface area contributed by atoms with Crippen molar-refractivity contribution < 1.29 is 22.3 Å². The van der Waals surface area contributed by atoms with Gasteiger partial charge in [0.15, 0.2) is 0 Å². The minimum absolute atomic E-state index is 0.156. The molecule has 0 spiro atoms. The number of hydrogen-bond donors (Lipinski definition) is 1. The number of rotatable bonds is 7. The Bertz CT molecular complexity index is 1100. The van der Waals surface area contributed by atoms with E-state index < -0.39 is 10.0 Å². The summed E-state index contributed by atoms with van der Waals surface area (Å²) in [6, 6.07) is 12.4. The number of ether oxygens (including phenoxy) is 2. The molecule has 3 heterocycles. The second kappa shape index (κ2) is 9.38. The SMILES string of the molecule is O=S(=O)(c1ccc(NCc2ccc(Oc3ccc(F)cc3)nc2)nc1)N1CCOCC1. The van der Waals surface area contributed by atoms with Crippen molar-refractivity contribution in [3.8, 4) is 11.6 Å². The van der Waals surface area contributed by atoms with E-state index >= 15 is 0 Å². The lowest BCUT2D eigenvalue weighted by Gasteiger charge is -2.25. The molecule has 1 aromatic carbocycles. The van der Waals surface area contributed by atoms with E-state index in [4.69, 9.17) is 9.47 Å². The van der Waals surface area contributed by atoms with Gasteiger partial charge < -0.3 is 14.8 Å². The third kappa shape index (κ3) is 5.35. The number of benzene rings is 1. The molecule has 0 unspecified atom stereocenters. The highest BCUT2D eigenvalue weighted by molar-refractivity contribution is 7.89. The topological polar surface area (TPSA) is 93.7 Å². The van der Waals surface area contributed by atoms with Crippen LogP contribution in [0.1, 0.15) is 5.56 Å². The smallest absolute Gasteiger partial charge is 0.244 e. The van der Waals surface area contributed by atoms with Gasteiger partial charge in [-0.15, -0.1) is 0 Å². The number of hydrogen-bond acceptors (Lipinski definition) is 7. The van der Waals surface area contributed by atoms with Crippen molar-refractivity contribution in [2.24, 2.45) is 0 Å². The number of nitrogens with zero attached hydrogens (tertiary/aromatic N) is 3. The molecular formula is C21H21FN4O4S. The molecule has 1 N–H and O–H groups in total. The van der Waals surface area contributed by atoms with Crippen LogP contribution in [0.5, 0.6) is 11.6 Å². The lowest BCUT2D eigenvalue weighted by Crippen LogP contribution is -2.40. The highest BCUT2D eigenvalue weighted by Crippen LogP contribution is 2.20. The number of sulfonamides is 1. The molecule has 0 atom stereocenters. The average Bonchev–Trinajstić information content (AvgIpc) is 2.81. The van der Waals surface area contributed by atoms with Gasteiger partial charge in [0.25, 0.3) is 0 Å². The number of aromatic nitrogens is 2. The maximum Gasteiger partial charge on any atom is 0.244 e. The zero-order chi connectivity index (χ0) is 21.7. The molecule has 10 heteroatoms. The number of anilines is 1. The third-order valence-corrected chi connectivity index (χ3v) is 6.53. The Labute approximate surface area is 179 Å². The molecule has 0 radical (unpaired) electrons. The van der Waals surface area contributed by atoms with Crippen LogP contribution in [0, 0.1) is 5.82 Å². The molecule has 2 aromatic heterocycles. The summed E-state index contributed by atoms with van der Waals surface area (Å²) in [7, 11) is -3.56. The number of pyridine rings is 2. The maximum absolute atomic E-state index is 12.9. The van der Waals surface area contributed by atoms with Crippen LogP contribution >= 0.6 is 0 Å². The Morgan fingerprint density at radius 3 is 2.42 bits per heavy atom. The van der Waals surface area contributed by atoms with Crippen LogP contribution in [0.25, 0.3) is 0 Å². The molecule has 1 saturated heterocycles. The van der Waals surface area contributed by atoms with Gasteiger partial charge in [-0.3, -0.25) is 0 Å². The van der Waals surface area contributed by atoms with Gasteiger partial charge in [0.1, 0.15) is 22.3 Å². The van der Waals surface area contributed by atoms with Gasteiger partial charge >= 0.3 is 0 Å². The molecule has 1 aliphatic heterocycles. The fourth-order valence-corrected chi connectivity index (χ4v) is 4.32. The largest absolute Gasteiger partial charge is 0.439 e. The average molecular weight is 444 g/mol. The molecule has 1 fully saturated rings. The van der Waals surface area contributed by atoms with Gasteiger partial charge in [-0.05, 0) is 42.0 Å². The molecule has 0 bridgehead atoms. The normalized spacial score (nSPS) is 14.9. The maximum atomic E-state index is 12.9. The van der Waals surface area contributed by atoms with Crippen LogP contribution in [0.4, 0.5) is 10.2 Å². The van der Waals surface area contributed by atoms with Crippen molar-refractivity contribution in [3.05, 3.63) is 72.3 Å². The first-order valence-corrected chi connectivity index (χ1v) is 11.1. The monoisotopic (exact) mass is 444 g/mol. The van der Waals surface area contributed by atoms with Gasteiger partial charge in [-0.2, -0.15) is 4.31 Å². The predicted molar refractivity (Wildman–Crippen MR) is 112 cm³/mol. The minimum Gasteiger partial charge on any atom is -0.439 e. The first-order valence-electron chi connectivity index (χ1n) is 9.67. The zero-order valence-electron chi connectivity index (χ0n) is 16.6. The van der Waals surface area contributed by atoms with Crippen molar-refractivity contribution in [2.45, 2.75) is 11.4 Å².